The SMILES string of the molecule is CCc1cc(F)cc(C(=O)CBr)c1. The van der Waals surface area contributed by atoms with E-state index in [1.807, 2.05) is 6.92 Å². The van der Waals surface area contributed by atoms with Crippen molar-refractivity contribution in [2.45, 2.75) is 13.3 Å². The van der Waals surface area contributed by atoms with E-state index in [4.69, 9.17) is 0 Å². The molecule has 0 saturated carbocycles. The molecule has 0 aliphatic rings. The van der Waals surface area contributed by atoms with Gasteiger partial charge in [-0.1, -0.05) is 22.9 Å². The lowest BCUT2D eigenvalue weighted by Gasteiger charge is -2.01. The van der Waals surface area contributed by atoms with Gasteiger partial charge >= 0.3 is 0 Å². The zero-order valence-electron chi connectivity index (χ0n) is 7.31. The monoisotopic (exact) mass is 244 g/mol. The molecule has 0 fully saturated rings. The van der Waals surface area contributed by atoms with Crippen LogP contribution in [0.3, 0.4) is 0 Å². The van der Waals surface area contributed by atoms with Crippen LogP contribution in [0.4, 0.5) is 4.39 Å². The number of aryl methyl sites for hydroxylation is 1. The van der Waals surface area contributed by atoms with Crippen molar-refractivity contribution in [2.75, 3.05) is 5.33 Å². The van der Waals surface area contributed by atoms with E-state index in [9.17, 15) is 9.18 Å². The van der Waals surface area contributed by atoms with E-state index in [0.29, 0.717) is 5.56 Å². The van der Waals surface area contributed by atoms with E-state index >= 15 is 0 Å². The first-order valence-electron chi connectivity index (χ1n) is 4.06. The topological polar surface area (TPSA) is 17.1 Å². The maximum Gasteiger partial charge on any atom is 0.173 e. The summed E-state index contributed by atoms with van der Waals surface area (Å²) in [6.07, 6.45) is 0.736. The first-order chi connectivity index (χ1) is 6.17. The van der Waals surface area contributed by atoms with Gasteiger partial charge in [0, 0.05) is 5.56 Å². The quantitative estimate of drug-likeness (QED) is 0.591. The summed E-state index contributed by atoms with van der Waals surface area (Å²) in [5, 5.41) is 0.236. The second-order valence-electron chi connectivity index (χ2n) is 2.76. The fraction of sp³-hybridized carbons (Fsp3) is 0.300. The Labute approximate surface area is 85.1 Å². The van der Waals surface area contributed by atoms with Crippen LogP contribution in [0.2, 0.25) is 0 Å². The van der Waals surface area contributed by atoms with Gasteiger partial charge < -0.3 is 0 Å². The Morgan fingerprint density at radius 1 is 1.46 bits per heavy atom. The highest BCUT2D eigenvalue weighted by Gasteiger charge is 2.06. The molecule has 1 aromatic carbocycles. The molecule has 1 rings (SSSR count). The van der Waals surface area contributed by atoms with Crippen molar-refractivity contribution in [3.63, 3.8) is 0 Å². The number of alkyl halides is 1. The summed E-state index contributed by atoms with van der Waals surface area (Å²) in [6.45, 7) is 1.93. The van der Waals surface area contributed by atoms with Gasteiger partial charge in [-0.25, -0.2) is 4.39 Å². The normalized spacial score (nSPS) is 10.1. The molecule has 3 heteroatoms. The number of carbonyl (C=O) groups excluding carboxylic acids is 1. The average Bonchev–Trinajstić information content (AvgIpc) is 2.15. The predicted molar refractivity (Wildman–Crippen MR) is 53.9 cm³/mol. The van der Waals surface area contributed by atoms with Crippen LogP contribution >= 0.6 is 15.9 Å². The molecule has 1 aromatic rings. The third kappa shape index (κ3) is 2.62. The maximum absolute atomic E-state index is 12.9. The summed E-state index contributed by atoms with van der Waals surface area (Å²) in [4.78, 5) is 11.2. The van der Waals surface area contributed by atoms with Crippen molar-refractivity contribution < 1.29 is 9.18 Å². The van der Waals surface area contributed by atoms with Gasteiger partial charge in [-0.05, 0) is 30.2 Å². The van der Waals surface area contributed by atoms with Gasteiger partial charge in [0.15, 0.2) is 5.78 Å². The summed E-state index contributed by atoms with van der Waals surface area (Å²) in [5.41, 5.74) is 1.29. The summed E-state index contributed by atoms with van der Waals surface area (Å²) in [5.74, 6) is -0.433. The molecule has 0 bridgehead atoms. The minimum Gasteiger partial charge on any atom is -0.293 e. The van der Waals surface area contributed by atoms with E-state index < -0.39 is 0 Å². The number of ketones is 1. The molecule has 0 N–H and O–H groups in total. The molecular formula is C10H10BrFO. The molecule has 0 aliphatic heterocycles. The van der Waals surface area contributed by atoms with Crippen molar-refractivity contribution in [2.24, 2.45) is 0 Å². The highest BCUT2D eigenvalue weighted by molar-refractivity contribution is 9.09. The Morgan fingerprint density at radius 3 is 2.69 bits per heavy atom. The van der Waals surface area contributed by atoms with E-state index in [-0.39, 0.29) is 16.9 Å². The first kappa shape index (κ1) is 10.4. The largest absolute Gasteiger partial charge is 0.293 e. The smallest absolute Gasteiger partial charge is 0.173 e. The lowest BCUT2D eigenvalue weighted by Crippen LogP contribution is -2.01. The van der Waals surface area contributed by atoms with Crippen molar-refractivity contribution >= 4 is 21.7 Å². The van der Waals surface area contributed by atoms with Crippen LogP contribution in [0, 0.1) is 5.82 Å². The van der Waals surface area contributed by atoms with Gasteiger partial charge in [-0.2, -0.15) is 0 Å². The minimum atomic E-state index is -0.344. The number of Topliss-reactive ketones (excluding diaryl/α,β-unsaturated/α-hetero) is 1. The molecule has 0 atom stereocenters. The van der Waals surface area contributed by atoms with Gasteiger partial charge in [-0.3, -0.25) is 4.79 Å². The third-order valence-electron chi connectivity index (χ3n) is 1.81. The summed E-state index contributed by atoms with van der Waals surface area (Å²) >= 11 is 3.05. The molecule has 0 aromatic heterocycles. The van der Waals surface area contributed by atoms with Crippen LogP contribution in [0.15, 0.2) is 18.2 Å². The standard InChI is InChI=1S/C10H10BrFO/c1-2-7-3-8(10(13)6-11)5-9(12)4-7/h3-5H,2,6H2,1H3. The van der Waals surface area contributed by atoms with Crippen LogP contribution in [-0.4, -0.2) is 11.1 Å². The van der Waals surface area contributed by atoms with Crippen molar-refractivity contribution in [3.05, 3.63) is 35.1 Å². The Morgan fingerprint density at radius 2 is 2.15 bits per heavy atom. The van der Waals surface area contributed by atoms with E-state index in [1.54, 1.807) is 6.07 Å². The first-order valence-corrected chi connectivity index (χ1v) is 5.18. The van der Waals surface area contributed by atoms with E-state index in [0.717, 1.165) is 12.0 Å². The second-order valence-corrected chi connectivity index (χ2v) is 3.32. The number of benzene rings is 1. The molecular weight excluding hydrogens is 235 g/mol. The van der Waals surface area contributed by atoms with E-state index in [1.165, 1.54) is 12.1 Å². The lowest BCUT2D eigenvalue weighted by atomic mass is 10.1. The molecule has 70 valence electrons. The van der Waals surface area contributed by atoms with Gasteiger partial charge in [0.05, 0.1) is 5.33 Å². The zero-order chi connectivity index (χ0) is 9.84. The number of halogens is 2. The average molecular weight is 245 g/mol. The summed E-state index contributed by atoms with van der Waals surface area (Å²) < 4.78 is 12.9. The Balaban J connectivity index is 3.08. The zero-order valence-corrected chi connectivity index (χ0v) is 8.90. The van der Waals surface area contributed by atoms with Gasteiger partial charge in [0.1, 0.15) is 5.82 Å². The Hall–Kier alpha value is -0.700. The fourth-order valence-corrected chi connectivity index (χ4v) is 1.42. The van der Waals surface area contributed by atoms with Gasteiger partial charge in [-0.15, -0.1) is 0 Å². The van der Waals surface area contributed by atoms with E-state index in [2.05, 4.69) is 15.9 Å². The number of rotatable bonds is 3. The van der Waals surface area contributed by atoms with Crippen molar-refractivity contribution in [3.8, 4) is 0 Å². The molecule has 0 radical (unpaired) electrons. The molecule has 0 unspecified atom stereocenters. The highest BCUT2D eigenvalue weighted by Crippen LogP contribution is 2.11. The van der Waals surface area contributed by atoms with Crippen LogP contribution in [0.5, 0.6) is 0 Å². The van der Waals surface area contributed by atoms with Crippen LogP contribution < -0.4 is 0 Å². The minimum absolute atomic E-state index is 0.0887. The molecule has 0 spiro atoms. The van der Waals surface area contributed by atoms with Gasteiger partial charge in [0.25, 0.3) is 0 Å². The molecule has 1 nitrogen and oxygen atoms in total. The van der Waals surface area contributed by atoms with Crippen LogP contribution in [0.1, 0.15) is 22.8 Å². The number of carbonyl (C=O) groups is 1. The third-order valence-corrected chi connectivity index (χ3v) is 2.32. The predicted octanol–water partition coefficient (Wildman–Crippen LogP) is 2.97. The van der Waals surface area contributed by atoms with Crippen molar-refractivity contribution in [1.29, 1.82) is 0 Å². The highest BCUT2D eigenvalue weighted by atomic mass is 79.9. The van der Waals surface area contributed by atoms with Crippen LogP contribution in [-0.2, 0) is 6.42 Å². The molecule has 0 amide bonds. The second kappa shape index (κ2) is 4.51. The van der Waals surface area contributed by atoms with Gasteiger partial charge in [0.2, 0.25) is 0 Å². The molecule has 0 heterocycles. The number of hydrogen-bond acceptors (Lipinski definition) is 1. The molecule has 0 saturated heterocycles. The fourth-order valence-electron chi connectivity index (χ4n) is 1.09. The Kier molecular flexibility index (Phi) is 3.60. The summed E-state index contributed by atoms with van der Waals surface area (Å²) in [6, 6.07) is 4.44. The maximum atomic E-state index is 12.9. The number of hydrogen-bond donors (Lipinski definition) is 0. The van der Waals surface area contributed by atoms with Crippen molar-refractivity contribution in [1.82, 2.24) is 0 Å². The Bertz CT molecular complexity index is 323. The lowest BCUT2D eigenvalue weighted by molar-refractivity contribution is 0.102. The molecule has 0 aliphatic carbocycles. The summed E-state index contributed by atoms with van der Waals surface area (Å²) in [7, 11) is 0. The van der Waals surface area contributed by atoms with Crippen LogP contribution in [0.25, 0.3) is 0 Å². The molecule has 13 heavy (non-hydrogen) atoms.